The van der Waals surface area contributed by atoms with E-state index in [0.29, 0.717) is 18.9 Å². The van der Waals surface area contributed by atoms with Crippen molar-refractivity contribution < 1.29 is 9.59 Å². The molecule has 6 heteroatoms. The van der Waals surface area contributed by atoms with Crippen LogP contribution in [-0.4, -0.2) is 33.8 Å². The third-order valence-corrected chi connectivity index (χ3v) is 7.77. The van der Waals surface area contributed by atoms with Gasteiger partial charge in [0.2, 0.25) is 11.8 Å². The average Bonchev–Trinajstić information content (AvgIpc) is 3.46. The number of nitrogens with one attached hydrogen (secondary N) is 1. The van der Waals surface area contributed by atoms with Gasteiger partial charge in [0.15, 0.2) is 0 Å². The van der Waals surface area contributed by atoms with Gasteiger partial charge in [-0.25, -0.2) is 0 Å². The van der Waals surface area contributed by atoms with Gasteiger partial charge in [-0.15, -0.1) is 11.3 Å². The van der Waals surface area contributed by atoms with Crippen molar-refractivity contribution in [2.75, 3.05) is 0 Å². The minimum Gasteiger partial charge on any atom is -0.342 e. The predicted octanol–water partition coefficient (Wildman–Crippen LogP) is 4.47. The lowest BCUT2D eigenvalue weighted by atomic mass is 9.90. The highest BCUT2D eigenvalue weighted by molar-refractivity contribution is 7.15. The third kappa shape index (κ3) is 4.44. The minimum absolute atomic E-state index is 0.0224. The van der Waals surface area contributed by atoms with Crippen molar-refractivity contribution in [3.05, 3.63) is 76.8 Å². The van der Waals surface area contributed by atoms with Crippen molar-refractivity contribution in [3.63, 3.8) is 0 Å². The Morgan fingerprint density at radius 1 is 1.03 bits per heavy atom. The zero-order chi connectivity index (χ0) is 22.9. The Bertz CT molecular complexity index is 1130. The first-order valence-corrected chi connectivity index (χ1v) is 12.5. The summed E-state index contributed by atoms with van der Waals surface area (Å²) in [7, 11) is 0. The Kier molecular flexibility index (Phi) is 6.02. The van der Waals surface area contributed by atoms with Crippen molar-refractivity contribution in [1.29, 1.82) is 0 Å². The summed E-state index contributed by atoms with van der Waals surface area (Å²) >= 11 is 1.64. The fourth-order valence-corrected chi connectivity index (χ4v) is 6.06. The molecule has 2 aliphatic rings. The molecule has 170 valence electrons. The second kappa shape index (κ2) is 9.10. The van der Waals surface area contributed by atoms with Crippen molar-refractivity contribution in [2.45, 2.75) is 51.7 Å². The summed E-state index contributed by atoms with van der Waals surface area (Å²) in [5.41, 5.74) is 3.51. The topological polar surface area (TPSA) is 62.3 Å². The second-order valence-corrected chi connectivity index (χ2v) is 10.7. The number of benzene rings is 1. The summed E-state index contributed by atoms with van der Waals surface area (Å²) in [6, 6.07) is 17.4. The van der Waals surface area contributed by atoms with E-state index in [2.05, 4.69) is 48.4 Å². The third-order valence-electron chi connectivity index (χ3n) is 6.68. The molecule has 1 N–H and O–H groups in total. The number of carbonyl (C=O) groups excluding carboxylic acids is 2. The van der Waals surface area contributed by atoms with Crippen LogP contribution in [0, 0.1) is 11.8 Å². The van der Waals surface area contributed by atoms with Crippen LogP contribution < -0.4 is 5.32 Å². The highest BCUT2D eigenvalue weighted by Crippen LogP contribution is 2.33. The highest BCUT2D eigenvalue weighted by Gasteiger charge is 2.45. The van der Waals surface area contributed by atoms with Crippen LogP contribution in [0.25, 0.3) is 10.6 Å². The van der Waals surface area contributed by atoms with E-state index >= 15 is 0 Å². The molecule has 1 aliphatic heterocycles. The van der Waals surface area contributed by atoms with Crippen molar-refractivity contribution in [2.24, 2.45) is 11.8 Å². The molecule has 0 spiro atoms. The van der Waals surface area contributed by atoms with Gasteiger partial charge in [-0.2, -0.15) is 0 Å². The van der Waals surface area contributed by atoms with Gasteiger partial charge >= 0.3 is 0 Å². The standard InChI is InChI=1S/C27H29N3O2S/c1-17(2)13-23-26(31)29-25(20-14-18-7-3-4-8-19(18)15-20)27(32)30(23)16-21-10-11-24(33-21)22-9-5-6-12-28-22/h3-12,17,20,23,25H,13-16H2,1-2H3,(H,29,31)/t23-,25-/m1/s1. The largest absolute Gasteiger partial charge is 0.342 e. The Morgan fingerprint density at radius 2 is 1.76 bits per heavy atom. The zero-order valence-electron chi connectivity index (χ0n) is 19.0. The number of nitrogens with zero attached hydrogens (tertiary/aromatic N) is 2. The van der Waals surface area contributed by atoms with E-state index in [-0.39, 0.29) is 17.7 Å². The van der Waals surface area contributed by atoms with Crippen LogP contribution in [0.2, 0.25) is 0 Å². The molecule has 1 aromatic carbocycles. The van der Waals surface area contributed by atoms with Gasteiger partial charge in [0.25, 0.3) is 0 Å². The van der Waals surface area contributed by atoms with Crippen molar-refractivity contribution in [3.8, 4) is 10.6 Å². The van der Waals surface area contributed by atoms with E-state index in [9.17, 15) is 9.59 Å². The first kappa shape index (κ1) is 21.8. The zero-order valence-corrected chi connectivity index (χ0v) is 19.8. The summed E-state index contributed by atoms with van der Waals surface area (Å²) in [4.78, 5) is 35.4. The van der Waals surface area contributed by atoms with Gasteiger partial charge in [-0.05, 0) is 66.5 Å². The van der Waals surface area contributed by atoms with Gasteiger partial charge in [0, 0.05) is 11.1 Å². The highest BCUT2D eigenvalue weighted by atomic mass is 32.1. The van der Waals surface area contributed by atoms with Crippen LogP contribution in [0.4, 0.5) is 0 Å². The molecule has 0 saturated carbocycles. The van der Waals surface area contributed by atoms with Crippen LogP contribution in [0.5, 0.6) is 0 Å². The Morgan fingerprint density at radius 3 is 2.42 bits per heavy atom. The molecule has 1 saturated heterocycles. The molecule has 0 unspecified atom stereocenters. The number of carbonyl (C=O) groups is 2. The summed E-state index contributed by atoms with van der Waals surface area (Å²) in [6.07, 6.45) is 4.11. The number of aromatic nitrogens is 1. The number of hydrogen-bond acceptors (Lipinski definition) is 4. The molecule has 3 aromatic rings. The summed E-state index contributed by atoms with van der Waals surface area (Å²) in [6.45, 7) is 4.65. The lowest BCUT2D eigenvalue weighted by Crippen LogP contribution is -2.65. The van der Waals surface area contributed by atoms with E-state index in [1.165, 1.54) is 11.1 Å². The quantitative estimate of drug-likeness (QED) is 0.592. The lowest BCUT2D eigenvalue weighted by molar-refractivity contribution is -0.152. The first-order chi connectivity index (χ1) is 16.0. The molecule has 2 atom stereocenters. The fourth-order valence-electron chi connectivity index (χ4n) is 5.08. The molecule has 2 aromatic heterocycles. The maximum absolute atomic E-state index is 13.8. The number of amides is 2. The number of rotatable bonds is 6. The molecule has 33 heavy (non-hydrogen) atoms. The number of thiophene rings is 1. The van der Waals surface area contributed by atoms with E-state index < -0.39 is 12.1 Å². The molecule has 2 amide bonds. The average molecular weight is 460 g/mol. The van der Waals surface area contributed by atoms with Crippen molar-refractivity contribution >= 4 is 23.2 Å². The lowest BCUT2D eigenvalue weighted by Gasteiger charge is -2.41. The van der Waals surface area contributed by atoms with Crippen LogP contribution in [0.15, 0.2) is 60.8 Å². The maximum atomic E-state index is 13.8. The van der Waals surface area contributed by atoms with Crippen LogP contribution in [-0.2, 0) is 29.0 Å². The van der Waals surface area contributed by atoms with Gasteiger partial charge in [0.1, 0.15) is 12.1 Å². The Balaban J connectivity index is 1.39. The smallest absolute Gasteiger partial charge is 0.246 e. The molecule has 0 bridgehead atoms. The van der Waals surface area contributed by atoms with Crippen LogP contribution in [0.1, 0.15) is 36.3 Å². The Labute approximate surface area is 198 Å². The van der Waals surface area contributed by atoms with Gasteiger partial charge < -0.3 is 10.2 Å². The van der Waals surface area contributed by atoms with E-state index in [0.717, 1.165) is 28.3 Å². The number of fused-ring (bicyclic) bond motifs is 1. The number of hydrogen-bond donors (Lipinski definition) is 1. The second-order valence-electron chi connectivity index (χ2n) is 9.52. The van der Waals surface area contributed by atoms with Crippen LogP contribution in [0.3, 0.4) is 0 Å². The molecule has 3 heterocycles. The normalized spacial score (nSPS) is 20.9. The SMILES string of the molecule is CC(C)C[C@@H]1C(=O)N[C@H](C2Cc3ccccc3C2)C(=O)N1Cc1ccc(-c2ccccn2)s1. The Hall–Kier alpha value is -2.99. The van der Waals surface area contributed by atoms with Crippen LogP contribution >= 0.6 is 11.3 Å². The maximum Gasteiger partial charge on any atom is 0.246 e. The molecular formula is C27H29N3O2S. The van der Waals surface area contributed by atoms with E-state index in [1.54, 1.807) is 17.5 Å². The molecule has 5 rings (SSSR count). The summed E-state index contributed by atoms with van der Waals surface area (Å²) in [5.74, 6) is 0.445. The molecule has 0 radical (unpaired) electrons. The van der Waals surface area contributed by atoms with Crippen molar-refractivity contribution in [1.82, 2.24) is 15.2 Å². The minimum atomic E-state index is -0.469. The van der Waals surface area contributed by atoms with Gasteiger partial charge in [0.05, 0.1) is 17.1 Å². The monoisotopic (exact) mass is 459 g/mol. The number of piperazine rings is 1. The predicted molar refractivity (Wildman–Crippen MR) is 131 cm³/mol. The number of pyridine rings is 1. The summed E-state index contributed by atoms with van der Waals surface area (Å²) in [5, 5.41) is 3.11. The van der Waals surface area contributed by atoms with Gasteiger partial charge in [-0.1, -0.05) is 44.2 Å². The summed E-state index contributed by atoms with van der Waals surface area (Å²) < 4.78 is 0. The molecular weight excluding hydrogens is 430 g/mol. The molecule has 1 fully saturated rings. The molecule has 5 nitrogen and oxygen atoms in total. The fraction of sp³-hybridized carbons (Fsp3) is 0.370. The first-order valence-electron chi connectivity index (χ1n) is 11.7. The molecule has 1 aliphatic carbocycles. The van der Waals surface area contributed by atoms with E-state index in [4.69, 9.17) is 0 Å². The van der Waals surface area contributed by atoms with E-state index in [1.807, 2.05) is 35.2 Å². The van der Waals surface area contributed by atoms with Gasteiger partial charge in [-0.3, -0.25) is 14.6 Å².